The molecule has 1 aliphatic heterocycles. The first kappa shape index (κ1) is 13.7. The molecule has 21 heavy (non-hydrogen) atoms. The van der Waals surface area contributed by atoms with Gasteiger partial charge in [0, 0.05) is 17.8 Å². The minimum Gasteiger partial charge on any atom is -0.481 e. The number of likely N-dealkylation sites (tertiary alicyclic amines) is 1. The molecular formula is C13H13N3O4S. The summed E-state index contributed by atoms with van der Waals surface area (Å²) in [5.74, 6) is -0.880. The summed E-state index contributed by atoms with van der Waals surface area (Å²) in [6.07, 6.45) is 0.603. The third-order valence-corrected chi connectivity index (χ3v) is 4.19. The Bertz CT molecular complexity index is 652. The van der Waals surface area contributed by atoms with Crippen LogP contribution in [0.2, 0.25) is 0 Å². The first-order valence-electron chi connectivity index (χ1n) is 6.46. The second-order valence-electron chi connectivity index (χ2n) is 4.87. The zero-order chi connectivity index (χ0) is 14.8. The quantitative estimate of drug-likeness (QED) is 0.890. The predicted molar refractivity (Wildman–Crippen MR) is 72.6 cm³/mol. The number of hydrogen-bond acceptors (Lipinski definition) is 6. The third-order valence-electron chi connectivity index (χ3n) is 3.31. The van der Waals surface area contributed by atoms with Crippen LogP contribution in [0.15, 0.2) is 22.0 Å². The van der Waals surface area contributed by atoms with Crippen molar-refractivity contribution in [3.8, 4) is 0 Å². The zero-order valence-electron chi connectivity index (χ0n) is 11.1. The van der Waals surface area contributed by atoms with E-state index in [0.29, 0.717) is 18.1 Å². The maximum Gasteiger partial charge on any atom is 0.308 e. The number of carbonyl (C=O) groups is 2. The molecule has 1 N–H and O–H groups in total. The number of hydrogen-bond donors (Lipinski definition) is 1. The Hall–Kier alpha value is -2.22. The summed E-state index contributed by atoms with van der Waals surface area (Å²) in [5.41, 5.74) is 0. The summed E-state index contributed by atoms with van der Waals surface area (Å²) in [4.78, 5) is 29.5. The van der Waals surface area contributed by atoms with E-state index in [1.54, 1.807) is 11.3 Å². The molecule has 0 radical (unpaired) electrons. The minimum atomic E-state index is -0.947. The third kappa shape index (κ3) is 3.10. The van der Waals surface area contributed by atoms with Crippen LogP contribution in [-0.2, 0) is 22.6 Å². The summed E-state index contributed by atoms with van der Waals surface area (Å²) in [6, 6.07) is 3.93. The summed E-state index contributed by atoms with van der Waals surface area (Å²) < 4.78 is 5.15. The average Bonchev–Trinajstić information content (AvgIpc) is 3.14. The van der Waals surface area contributed by atoms with Crippen LogP contribution in [0.5, 0.6) is 0 Å². The van der Waals surface area contributed by atoms with Gasteiger partial charge in [-0.3, -0.25) is 9.59 Å². The summed E-state index contributed by atoms with van der Waals surface area (Å²) in [5, 5.41) is 14.8. The smallest absolute Gasteiger partial charge is 0.308 e. The number of thiophene rings is 1. The number of nitrogens with zero attached hydrogens (tertiary/aromatic N) is 3. The maximum absolute atomic E-state index is 11.7. The molecule has 2 aromatic rings. The van der Waals surface area contributed by atoms with E-state index in [-0.39, 0.29) is 25.4 Å². The Kier molecular flexibility index (Phi) is 3.70. The van der Waals surface area contributed by atoms with Gasteiger partial charge in [-0.1, -0.05) is 11.2 Å². The molecular weight excluding hydrogens is 294 g/mol. The Morgan fingerprint density at radius 3 is 3.10 bits per heavy atom. The highest BCUT2D eigenvalue weighted by atomic mass is 32.1. The Balaban J connectivity index is 1.62. The fourth-order valence-electron chi connectivity index (χ4n) is 2.25. The van der Waals surface area contributed by atoms with Crippen molar-refractivity contribution in [1.29, 1.82) is 0 Å². The molecule has 3 heterocycles. The zero-order valence-corrected chi connectivity index (χ0v) is 11.9. The molecule has 0 aromatic carbocycles. The van der Waals surface area contributed by atoms with Gasteiger partial charge >= 0.3 is 5.97 Å². The highest BCUT2D eigenvalue weighted by Gasteiger charge is 2.34. The van der Waals surface area contributed by atoms with Crippen molar-refractivity contribution in [2.75, 3.05) is 6.54 Å². The Morgan fingerprint density at radius 1 is 1.57 bits per heavy atom. The molecule has 0 spiro atoms. The summed E-state index contributed by atoms with van der Waals surface area (Å²) >= 11 is 1.61. The van der Waals surface area contributed by atoms with Gasteiger partial charge in [0.15, 0.2) is 5.82 Å². The Labute approximate surface area is 124 Å². The summed E-state index contributed by atoms with van der Waals surface area (Å²) in [6.45, 7) is 0.388. The summed E-state index contributed by atoms with van der Waals surface area (Å²) in [7, 11) is 0. The number of carbonyl (C=O) groups excluding carboxylic acids is 1. The van der Waals surface area contributed by atoms with E-state index in [1.165, 1.54) is 4.90 Å². The number of aliphatic carboxylic acids is 1. The molecule has 0 unspecified atom stereocenters. The van der Waals surface area contributed by atoms with Crippen molar-refractivity contribution in [1.82, 2.24) is 15.0 Å². The molecule has 0 saturated carbocycles. The molecule has 1 aliphatic rings. The number of amides is 1. The van der Waals surface area contributed by atoms with E-state index < -0.39 is 11.9 Å². The standard InChI is InChI=1S/C13H13N3O4S/c17-12-4-8(13(18)19)6-16(12)7-10-14-11(20-15-10)5-9-2-1-3-21-9/h1-3,8H,4-7H2,(H,18,19)/t8-/m0/s1. The average molecular weight is 307 g/mol. The molecule has 0 bridgehead atoms. The lowest BCUT2D eigenvalue weighted by Gasteiger charge is -2.12. The maximum atomic E-state index is 11.7. The first-order valence-corrected chi connectivity index (χ1v) is 7.34. The van der Waals surface area contributed by atoms with Crippen LogP contribution in [0.3, 0.4) is 0 Å². The van der Waals surface area contributed by atoms with Crippen molar-refractivity contribution in [3.05, 3.63) is 34.1 Å². The van der Waals surface area contributed by atoms with E-state index in [0.717, 1.165) is 4.88 Å². The Morgan fingerprint density at radius 2 is 2.43 bits per heavy atom. The molecule has 1 amide bonds. The highest BCUT2D eigenvalue weighted by Crippen LogP contribution is 2.20. The van der Waals surface area contributed by atoms with Gasteiger partial charge in [0.1, 0.15) is 0 Å². The van der Waals surface area contributed by atoms with Crippen LogP contribution >= 0.6 is 11.3 Å². The fourth-order valence-corrected chi connectivity index (χ4v) is 2.95. The van der Waals surface area contributed by atoms with Gasteiger partial charge in [0.2, 0.25) is 11.8 Å². The van der Waals surface area contributed by atoms with Crippen molar-refractivity contribution >= 4 is 23.2 Å². The van der Waals surface area contributed by atoms with E-state index in [9.17, 15) is 9.59 Å². The van der Waals surface area contributed by atoms with E-state index in [4.69, 9.17) is 9.63 Å². The van der Waals surface area contributed by atoms with Gasteiger partial charge in [0.05, 0.1) is 18.9 Å². The minimum absolute atomic E-state index is 0.0369. The fraction of sp³-hybridized carbons (Fsp3) is 0.385. The van der Waals surface area contributed by atoms with Gasteiger partial charge in [0.25, 0.3) is 0 Å². The van der Waals surface area contributed by atoms with Crippen LogP contribution in [0, 0.1) is 5.92 Å². The van der Waals surface area contributed by atoms with Gasteiger partial charge < -0.3 is 14.5 Å². The molecule has 1 fully saturated rings. The largest absolute Gasteiger partial charge is 0.481 e. The van der Waals surface area contributed by atoms with Crippen LogP contribution < -0.4 is 0 Å². The molecule has 2 aromatic heterocycles. The van der Waals surface area contributed by atoms with E-state index in [2.05, 4.69) is 10.1 Å². The lowest BCUT2D eigenvalue weighted by molar-refractivity contribution is -0.141. The SMILES string of the molecule is O=C(O)[C@H]1CC(=O)N(Cc2noc(Cc3cccs3)n2)C1. The molecule has 1 atom stereocenters. The number of aromatic nitrogens is 2. The molecule has 7 nitrogen and oxygen atoms in total. The number of rotatable bonds is 5. The first-order chi connectivity index (χ1) is 10.1. The lowest BCUT2D eigenvalue weighted by Crippen LogP contribution is -2.26. The van der Waals surface area contributed by atoms with Gasteiger partial charge in [-0.25, -0.2) is 0 Å². The molecule has 1 saturated heterocycles. The highest BCUT2D eigenvalue weighted by molar-refractivity contribution is 7.09. The van der Waals surface area contributed by atoms with Crippen LogP contribution in [0.1, 0.15) is 23.0 Å². The van der Waals surface area contributed by atoms with Crippen LogP contribution in [-0.4, -0.2) is 38.6 Å². The van der Waals surface area contributed by atoms with Crippen molar-refractivity contribution in [2.24, 2.45) is 5.92 Å². The van der Waals surface area contributed by atoms with Crippen molar-refractivity contribution in [2.45, 2.75) is 19.4 Å². The molecule has 3 rings (SSSR count). The molecule has 8 heteroatoms. The van der Waals surface area contributed by atoms with Crippen molar-refractivity contribution in [3.63, 3.8) is 0 Å². The number of carboxylic acid groups (broad SMARTS) is 1. The number of carboxylic acids is 1. The van der Waals surface area contributed by atoms with Gasteiger partial charge in [-0.05, 0) is 11.4 Å². The monoisotopic (exact) mass is 307 g/mol. The van der Waals surface area contributed by atoms with E-state index >= 15 is 0 Å². The van der Waals surface area contributed by atoms with Crippen LogP contribution in [0.25, 0.3) is 0 Å². The normalized spacial score (nSPS) is 18.4. The lowest BCUT2D eigenvalue weighted by atomic mass is 10.1. The van der Waals surface area contributed by atoms with Crippen LogP contribution in [0.4, 0.5) is 0 Å². The van der Waals surface area contributed by atoms with E-state index in [1.807, 2.05) is 17.5 Å². The second-order valence-corrected chi connectivity index (χ2v) is 5.91. The molecule has 0 aliphatic carbocycles. The van der Waals surface area contributed by atoms with Gasteiger partial charge in [-0.15, -0.1) is 11.3 Å². The molecule has 110 valence electrons. The van der Waals surface area contributed by atoms with Gasteiger partial charge in [-0.2, -0.15) is 4.98 Å². The topological polar surface area (TPSA) is 96.5 Å². The predicted octanol–water partition coefficient (Wildman–Crippen LogP) is 1.16. The van der Waals surface area contributed by atoms with Crippen molar-refractivity contribution < 1.29 is 19.2 Å². The second kappa shape index (κ2) is 5.65.